The van der Waals surface area contributed by atoms with Crippen LogP contribution in [-0.2, 0) is 19.1 Å². The average molecular weight is 489 g/mol. The van der Waals surface area contributed by atoms with Crippen molar-refractivity contribution in [3.05, 3.63) is 22.2 Å². The fraction of sp³-hybridized carbons (Fsp3) is 0.636. The number of ether oxygens (including phenoxy) is 4. The van der Waals surface area contributed by atoms with E-state index in [2.05, 4.69) is 0 Å². The Bertz CT molecular complexity index is 748. The molecule has 0 N–H and O–H groups in total. The number of halogens is 2. The Kier molecular flexibility index (Phi) is 9.28. The smallest absolute Gasteiger partial charge is 0.260 e. The van der Waals surface area contributed by atoms with Crippen LogP contribution in [-0.4, -0.2) is 86.4 Å². The van der Waals surface area contributed by atoms with E-state index in [-0.39, 0.29) is 58.8 Å². The van der Waals surface area contributed by atoms with Gasteiger partial charge in [-0.3, -0.25) is 9.59 Å². The standard InChI is InChI=1S/C22H30Cl2N2O6/c1-3-15-11-25(5-7-29-15)21(27)13-31-19-10-20(18(24)9-17(19)23)32-14-22(28)26-6-8-30-16(4-2)12-26/h9-10,15-16H,3-8,11-14H2,1-2H3. The van der Waals surface area contributed by atoms with Gasteiger partial charge in [-0.1, -0.05) is 37.0 Å². The minimum Gasteiger partial charge on any atom is -0.482 e. The predicted octanol–water partition coefficient (Wildman–Crippen LogP) is 3.03. The lowest BCUT2D eigenvalue weighted by Crippen LogP contribution is -2.47. The molecular weight excluding hydrogens is 459 g/mol. The Morgan fingerprint density at radius 2 is 1.31 bits per heavy atom. The van der Waals surface area contributed by atoms with Crippen molar-refractivity contribution in [1.29, 1.82) is 0 Å². The van der Waals surface area contributed by atoms with Crippen molar-refractivity contribution in [2.24, 2.45) is 0 Å². The summed E-state index contributed by atoms with van der Waals surface area (Å²) in [5, 5.41) is 0.516. The van der Waals surface area contributed by atoms with Gasteiger partial charge in [-0.05, 0) is 18.9 Å². The number of benzene rings is 1. The molecule has 1 aromatic carbocycles. The Morgan fingerprint density at radius 1 is 0.875 bits per heavy atom. The molecule has 0 aromatic heterocycles. The molecule has 2 unspecified atom stereocenters. The van der Waals surface area contributed by atoms with Crippen LogP contribution in [0.25, 0.3) is 0 Å². The van der Waals surface area contributed by atoms with E-state index in [1.54, 1.807) is 9.80 Å². The summed E-state index contributed by atoms with van der Waals surface area (Å²) in [6, 6.07) is 2.99. The Balaban J connectivity index is 1.56. The Morgan fingerprint density at radius 3 is 1.72 bits per heavy atom. The van der Waals surface area contributed by atoms with Gasteiger partial charge in [0.05, 0.1) is 35.5 Å². The molecule has 8 nitrogen and oxygen atoms in total. The zero-order valence-electron chi connectivity index (χ0n) is 18.5. The summed E-state index contributed by atoms with van der Waals surface area (Å²) in [6.07, 6.45) is 1.78. The number of nitrogens with zero attached hydrogens (tertiary/aromatic N) is 2. The molecule has 2 fully saturated rings. The van der Waals surface area contributed by atoms with E-state index < -0.39 is 0 Å². The van der Waals surface area contributed by atoms with E-state index in [1.165, 1.54) is 12.1 Å². The second kappa shape index (κ2) is 11.9. The van der Waals surface area contributed by atoms with Crippen LogP contribution in [0.1, 0.15) is 26.7 Å². The number of carbonyl (C=O) groups excluding carboxylic acids is 2. The van der Waals surface area contributed by atoms with Crippen LogP contribution in [0.5, 0.6) is 11.5 Å². The molecule has 2 aliphatic rings. The molecule has 0 saturated carbocycles. The molecule has 10 heteroatoms. The molecule has 1 aromatic rings. The minimum absolute atomic E-state index is 0.0448. The van der Waals surface area contributed by atoms with Gasteiger partial charge in [-0.25, -0.2) is 0 Å². The highest BCUT2D eigenvalue weighted by Gasteiger charge is 2.25. The van der Waals surface area contributed by atoms with Crippen LogP contribution in [0.3, 0.4) is 0 Å². The van der Waals surface area contributed by atoms with Crippen LogP contribution in [0, 0.1) is 0 Å². The summed E-state index contributed by atoms with van der Waals surface area (Å²) in [5.74, 6) is 0.246. The fourth-order valence-corrected chi connectivity index (χ4v) is 4.07. The molecule has 32 heavy (non-hydrogen) atoms. The molecule has 2 amide bonds. The normalized spacial score (nSPS) is 21.4. The number of hydrogen-bond donors (Lipinski definition) is 0. The molecule has 0 aliphatic carbocycles. The molecule has 0 bridgehead atoms. The highest BCUT2D eigenvalue weighted by Crippen LogP contribution is 2.36. The van der Waals surface area contributed by atoms with Crippen molar-refractivity contribution >= 4 is 35.0 Å². The predicted molar refractivity (Wildman–Crippen MR) is 121 cm³/mol. The highest BCUT2D eigenvalue weighted by molar-refractivity contribution is 6.36. The molecular formula is C22H30Cl2N2O6. The third-order valence-electron chi connectivity index (χ3n) is 5.58. The molecule has 2 heterocycles. The van der Waals surface area contributed by atoms with Gasteiger partial charge in [0.15, 0.2) is 13.2 Å². The number of amides is 2. The van der Waals surface area contributed by atoms with Crippen LogP contribution in [0.2, 0.25) is 10.0 Å². The van der Waals surface area contributed by atoms with Crippen molar-refractivity contribution < 1.29 is 28.5 Å². The van der Waals surface area contributed by atoms with E-state index in [9.17, 15) is 9.59 Å². The number of rotatable bonds is 8. The lowest BCUT2D eigenvalue weighted by molar-refractivity contribution is -0.141. The molecule has 3 rings (SSSR count). The molecule has 2 aliphatic heterocycles. The number of carbonyl (C=O) groups is 2. The molecule has 0 radical (unpaired) electrons. The van der Waals surface area contributed by atoms with Gasteiger partial charge in [0.25, 0.3) is 11.8 Å². The van der Waals surface area contributed by atoms with E-state index in [0.29, 0.717) is 39.4 Å². The van der Waals surface area contributed by atoms with E-state index in [0.717, 1.165) is 12.8 Å². The number of hydrogen-bond acceptors (Lipinski definition) is 6. The molecule has 0 spiro atoms. The largest absolute Gasteiger partial charge is 0.482 e. The third kappa shape index (κ3) is 6.63. The summed E-state index contributed by atoms with van der Waals surface area (Å²) < 4.78 is 22.5. The zero-order chi connectivity index (χ0) is 23.1. The molecule has 178 valence electrons. The van der Waals surface area contributed by atoms with Crippen molar-refractivity contribution in [2.75, 3.05) is 52.6 Å². The van der Waals surface area contributed by atoms with Gasteiger partial charge >= 0.3 is 0 Å². The Labute approximate surface area is 198 Å². The van der Waals surface area contributed by atoms with Gasteiger partial charge in [-0.15, -0.1) is 0 Å². The summed E-state index contributed by atoms with van der Waals surface area (Å²) >= 11 is 12.5. The maximum absolute atomic E-state index is 12.5. The van der Waals surface area contributed by atoms with Gasteiger partial charge in [0.2, 0.25) is 0 Å². The lowest BCUT2D eigenvalue weighted by atomic mass is 10.2. The van der Waals surface area contributed by atoms with Crippen LogP contribution in [0.4, 0.5) is 0 Å². The van der Waals surface area contributed by atoms with Crippen molar-refractivity contribution in [3.63, 3.8) is 0 Å². The maximum atomic E-state index is 12.5. The van der Waals surface area contributed by atoms with Gasteiger partial charge < -0.3 is 28.7 Å². The summed E-state index contributed by atoms with van der Waals surface area (Å²) in [7, 11) is 0. The first-order valence-electron chi connectivity index (χ1n) is 10.9. The summed E-state index contributed by atoms with van der Waals surface area (Å²) in [6.45, 7) is 6.90. The van der Waals surface area contributed by atoms with Crippen molar-refractivity contribution in [3.8, 4) is 11.5 Å². The van der Waals surface area contributed by atoms with Gasteiger partial charge in [-0.2, -0.15) is 0 Å². The second-order valence-corrected chi connectivity index (χ2v) is 8.59. The van der Waals surface area contributed by atoms with Crippen LogP contribution < -0.4 is 9.47 Å². The van der Waals surface area contributed by atoms with Crippen molar-refractivity contribution in [1.82, 2.24) is 9.80 Å². The van der Waals surface area contributed by atoms with E-state index in [1.807, 2.05) is 13.8 Å². The van der Waals surface area contributed by atoms with E-state index >= 15 is 0 Å². The third-order valence-corrected chi connectivity index (χ3v) is 6.17. The second-order valence-electron chi connectivity index (χ2n) is 7.77. The zero-order valence-corrected chi connectivity index (χ0v) is 20.0. The van der Waals surface area contributed by atoms with Gasteiger partial charge in [0.1, 0.15) is 11.5 Å². The fourth-order valence-electron chi connectivity index (χ4n) is 3.58. The van der Waals surface area contributed by atoms with Crippen LogP contribution in [0.15, 0.2) is 12.1 Å². The first kappa shape index (κ1) is 24.9. The molecule has 2 atom stereocenters. The molecule has 2 saturated heterocycles. The lowest BCUT2D eigenvalue weighted by Gasteiger charge is -2.32. The number of morpholine rings is 2. The quantitative estimate of drug-likeness (QED) is 0.559. The van der Waals surface area contributed by atoms with Gasteiger partial charge in [0, 0.05) is 32.2 Å². The maximum Gasteiger partial charge on any atom is 0.260 e. The topological polar surface area (TPSA) is 77.5 Å². The summed E-state index contributed by atoms with van der Waals surface area (Å²) in [4.78, 5) is 28.5. The van der Waals surface area contributed by atoms with E-state index in [4.69, 9.17) is 42.1 Å². The highest BCUT2D eigenvalue weighted by atomic mass is 35.5. The summed E-state index contributed by atoms with van der Waals surface area (Å²) in [5.41, 5.74) is 0. The first-order chi connectivity index (χ1) is 15.4. The average Bonchev–Trinajstić information content (AvgIpc) is 2.82. The first-order valence-corrected chi connectivity index (χ1v) is 11.7. The van der Waals surface area contributed by atoms with Crippen LogP contribution >= 0.6 is 23.2 Å². The monoisotopic (exact) mass is 488 g/mol. The SMILES string of the molecule is CCC1CN(C(=O)COc2cc(OCC(=O)N3CCOC(CC)C3)c(Cl)cc2Cl)CCO1. The minimum atomic E-state index is -0.164. The van der Waals surface area contributed by atoms with Crippen molar-refractivity contribution in [2.45, 2.75) is 38.9 Å². The Hall–Kier alpha value is -1.74.